The molecule has 5 heteroatoms. The van der Waals surface area contributed by atoms with Crippen LogP contribution < -0.4 is 11.1 Å². The number of hydrogen-bond acceptors (Lipinski definition) is 2. The summed E-state index contributed by atoms with van der Waals surface area (Å²) in [6, 6.07) is -0.0243. The number of halogens is 2. The summed E-state index contributed by atoms with van der Waals surface area (Å²) in [5.41, 5.74) is 5.49. The van der Waals surface area contributed by atoms with Gasteiger partial charge >= 0.3 is 0 Å². The maximum absolute atomic E-state index is 7.16. The summed E-state index contributed by atoms with van der Waals surface area (Å²) in [7, 11) is 0. The Labute approximate surface area is 73.1 Å². The normalized spacial score (nSPS) is 23.7. The number of nitrogens with one attached hydrogen (secondary N) is 2. The minimum Gasteiger partial charge on any atom is -0.373 e. The molecule has 0 aliphatic carbocycles. The summed E-state index contributed by atoms with van der Waals surface area (Å²) < 4.78 is 0. The lowest BCUT2D eigenvalue weighted by molar-refractivity contribution is 0.604. The van der Waals surface area contributed by atoms with E-state index in [-0.39, 0.29) is 30.9 Å². The zero-order chi connectivity index (χ0) is 5.98. The molecule has 1 heterocycles. The van der Waals surface area contributed by atoms with Crippen LogP contribution in [0.4, 0.5) is 0 Å². The van der Waals surface area contributed by atoms with Gasteiger partial charge in [-0.25, -0.2) is 0 Å². The molecule has 1 fully saturated rings. The van der Waals surface area contributed by atoms with Gasteiger partial charge in [0, 0.05) is 6.54 Å². The maximum atomic E-state index is 7.16. The third-order valence-electron chi connectivity index (χ3n) is 1.38. The molecule has 0 amide bonds. The van der Waals surface area contributed by atoms with Gasteiger partial charge in [0.1, 0.15) is 5.84 Å². The molecule has 0 aromatic heterocycles. The minimum absolute atomic E-state index is 0. The Morgan fingerprint density at radius 3 is 2.40 bits per heavy atom. The molecule has 0 saturated carbocycles. The van der Waals surface area contributed by atoms with Gasteiger partial charge in [0.05, 0.1) is 6.04 Å². The molecule has 10 heavy (non-hydrogen) atoms. The first-order chi connectivity index (χ1) is 3.80. The predicted molar refractivity (Wildman–Crippen MR) is 47.4 cm³/mol. The zero-order valence-electron chi connectivity index (χ0n) is 5.59. The Kier molecular flexibility index (Phi) is 7.31. The van der Waals surface area contributed by atoms with E-state index in [0.29, 0.717) is 5.84 Å². The van der Waals surface area contributed by atoms with Crippen molar-refractivity contribution in [3.05, 3.63) is 0 Å². The highest BCUT2D eigenvalue weighted by Crippen LogP contribution is 1.98. The number of rotatable bonds is 0. The van der Waals surface area contributed by atoms with E-state index in [2.05, 4.69) is 5.32 Å². The highest BCUT2D eigenvalue weighted by atomic mass is 35.5. The maximum Gasteiger partial charge on any atom is 0.110 e. The Morgan fingerprint density at radius 2 is 2.10 bits per heavy atom. The molecule has 0 radical (unpaired) electrons. The average molecular weight is 186 g/mol. The lowest BCUT2D eigenvalue weighted by atomic mass is 10.1. The van der Waals surface area contributed by atoms with E-state index in [0.717, 1.165) is 19.4 Å². The molecule has 1 aliphatic rings. The second kappa shape index (κ2) is 5.77. The fourth-order valence-electron chi connectivity index (χ4n) is 0.820. The number of amidine groups is 1. The van der Waals surface area contributed by atoms with Crippen LogP contribution >= 0.6 is 24.8 Å². The summed E-state index contributed by atoms with van der Waals surface area (Å²) in [5, 5.41) is 10.0. The molecule has 0 aromatic rings. The third-order valence-corrected chi connectivity index (χ3v) is 1.38. The van der Waals surface area contributed by atoms with E-state index in [4.69, 9.17) is 11.1 Å². The van der Waals surface area contributed by atoms with Crippen LogP contribution in [0, 0.1) is 5.41 Å². The first-order valence-corrected chi connectivity index (χ1v) is 2.88. The van der Waals surface area contributed by atoms with Crippen molar-refractivity contribution in [3.8, 4) is 0 Å². The zero-order valence-corrected chi connectivity index (χ0v) is 7.23. The van der Waals surface area contributed by atoms with E-state index >= 15 is 0 Å². The quantitative estimate of drug-likeness (QED) is 0.516. The standard InChI is InChI=1S/C5H11N3.2ClH/c6-4-2-1-3-8-5(4)7;;/h4H,1-3,6H2,(H2,7,8);2*1H/t4-;;/m0../s1. The van der Waals surface area contributed by atoms with Crippen molar-refractivity contribution in [1.29, 1.82) is 5.41 Å². The van der Waals surface area contributed by atoms with Crippen molar-refractivity contribution in [3.63, 3.8) is 0 Å². The SMILES string of the molecule is Cl.Cl.N=C1NCCC[C@@H]1N. The van der Waals surface area contributed by atoms with Crippen LogP contribution in [0.2, 0.25) is 0 Å². The molecule has 0 aromatic carbocycles. The molecule has 0 bridgehead atoms. The fraction of sp³-hybridized carbons (Fsp3) is 0.800. The topological polar surface area (TPSA) is 61.9 Å². The van der Waals surface area contributed by atoms with Crippen molar-refractivity contribution in [1.82, 2.24) is 5.32 Å². The number of hydrogen-bond donors (Lipinski definition) is 3. The van der Waals surface area contributed by atoms with Crippen molar-refractivity contribution >= 4 is 30.6 Å². The van der Waals surface area contributed by atoms with Gasteiger partial charge in [-0.05, 0) is 12.8 Å². The van der Waals surface area contributed by atoms with Gasteiger partial charge in [0.2, 0.25) is 0 Å². The monoisotopic (exact) mass is 185 g/mol. The van der Waals surface area contributed by atoms with Crippen LogP contribution in [-0.2, 0) is 0 Å². The molecule has 0 unspecified atom stereocenters. The van der Waals surface area contributed by atoms with Gasteiger partial charge in [0.15, 0.2) is 0 Å². The average Bonchev–Trinajstić information content (AvgIpc) is 1.77. The van der Waals surface area contributed by atoms with Crippen LogP contribution in [0.1, 0.15) is 12.8 Å². The van der Waals surface area contributed by atoms with Crippen molar-refractivity contribution < 1.29 is 0 Å². The molecule has 1 rings (SSSR count). The van der Waals surface area contributed by atoms with Gasteiger partial charge in [-0.1, -0.05) is 0 Å². The molecule has 1 atom stereocenters. The highest BCUT2D eigenvalue weighted by Gasteiger charge is 2.12. The van der Waals surface area contributed by atoms with Crippen LogP contribution in [0.25, 0.3) is 0 Å². The van der Waals surface area contributed by atoms with Crippen molar-refractivity contribution in [2.75, 3.05) is 6.54 Å². The lowest BCUT2D eigenvalue weighted by Crippen LogP contribution is -2.44. The lowest BCUT2D eigenvalue weighted by Gasteiger charge is -2.19. The second-order valence-electron chi connectivity index (χ2n) is 2.09. The molecule has 1 saturated heterocycles. The number of nitrogens with two attached hydrogens (primary N) is 1. The Balaban J connectivity index is 0. The third kappa shape index (κ3) is 3.25. The Bertz CT molecular complexity index is 107. The predicted octanol–water partition coefficient (Wildman–Crippen LogP) is 0.518. The van der Waals surface area contributed by atoms with E-state index < -0.39 is 0 Å². The van der Waals surface area contributed by atoms with Gasteiger partial charge in [0.25, 0.3) is 0 Å². The van der Waals surface area contributed by atoms with Gasteiger partial charge < -0.3 is 11.1 Å². The second-order valence-corrected chi connectivity index (χ2v) is 2.09. The van der Waals surface area contributed by atoms with Gasteiger partial charge in [-0.15, -0.1) is 24.8 Å². The van der Waals surface area contributed by atoms with E-state index in [1.165, 1.54) is 0 Å². The van der Waals surface area contributed by atoms with E-state index in [1.54, 1.807) is 0 Å². The number of piperidine rings is 1. The van der Waals surface area contributed by atoms with Crippen molar-refractivity contribution in [2.45, 2.75) is 18.9 Å². The fourth-order valence-corrected chi connectivity index (χ4v) is 0.820. The molecule has 1 aliphatic heterocycles. The van der Waals surface area contributed by atoms with E-state index in [9.17, 15) is 0 Å². The smallest absolute Gasteiger partial charge is 0.110 e. The van der Waals surface area contributed by atoms with Gasteiger partial charge in [-0.3, -0.25) is 5.41 Å². The molecule has 3 nitrogen and oxygen atoms in total. The molecular weight excluding hydrogens is 173 g/mol. The van der Waals surface area contributed by atoms with Crippen LogP contribution in [0.15, 0.2) is 0 Å². The highest BCUT2D eigenvalue weighted by molar-refractivity contribution is 5.85. The molecule has 0 spiro atoms. The first-order valence-electron chi connectivity index (χ1n) is 2.88. The summed E-state index contributed by atoms with van der Waals surface area (Å²) >= 11 is 0. The summed E-state index contributed by atoms with van der Waals surface area (Å²) in [4.78, 5) is 0. The van der Waals surface area contributed by atoms with Crippen LogP contribution in [0.5, 0.6) is 0 Å². The molecular formula is C5H13Cl2N3. The molecule has 62 valence electrons. The van der Waals surface area contributed by atoms with Crippen LogP contribution in [0.3, 0.4) is 0 Å². The largest absolute Gasteiger partial charge is 0.373 e. The van der Waals surface area contributed by atoms with Gasteiger partial charge in [-0.2, -0.15) is 0 Å². The summed E-state index contributed by atoms with van der Waals surface area (Å²) in [6.45, 7) is 0.923. The summed E-state index contributed by atoms with van der Waals surface area (Å²) in [6.07, 6.45) is 2.06. The summed E-state index contributed by atoms with van der Waals surface area (Å²) in [5.74, 6) is 0.497. The van der Waals surface area contributed by atoms with Crippen molar-refractivity contribution in [2.24, 2.45) is 5.73 Å². The van der Waals surface area contributed by atoms with Crippen LogP contribution in [-0.4, -0.2) is 18.4 Å². The van der Waals surface area contributed by atoms with E-state index in [1.807, 2.05) is 0 Å². The minimum atomic E-state index is -0.0243. The Hall–Kier alpha value is 0.01000. The molecule has 4 N–H and O–H groups in total. The first kappa shape index (κ1) is 12.7. The Morgan fingerprint density at radius 1 is 1.50 bits per heavy atom.